The van der Waals surface area contributed by atoms with E-state index in [1.54, 1.807) is 0 Å². The molecule has 0 saturated heterocycles. The van der Waals surface area contributed by atoms with E-state index < -0.39 is 5.60 Å². The molecule has 0 amide bonds. The van der Waals surface area contributed by atoms with Gasteiger partial charge in [0.05, 0.1) is 5.57 Å². The lowest BCUT2D eigenvalue weighted by Gasteiger charge is -2.21. The van der Waals surface area contributed by atoms with Crippen LogP contribution in [0.4, 0.5) is 0 Å². The molecule has 88 valence electrons. The molecular weight excluding hydrogens is 212 g/mol. The van der Waals surface area contributed by atoms with Gasteiger partial charge in [0.1, 0.15) is 5.76 Å². The fraction of sp³-hybridized carbons (Fsp3) is 0.400. The van der Waals surface area contributed by atoms with Gasteiger partial charge in [0, 0.05) is 0 Å². The Morgan fingerprint density at radius 2 is 1.76 bits per heavy atom. The Bertz CT molecular complexity index is 479. The average Bonchev–Trinajstić information content (AvgIpc) is 2.88. The predicted octanol–water partition coefficient (Wildman–Crippen LogP) is 3.33. The quantitative estimate of drug-likeness (QED) is 0.737. The smallest absolute Gasteiger partial charge is 0.210 e. The largest absolute Gasteiger partial charge is 0.483 e. The molecule has 3 rings (SSSR count). The maximum atomic E-state index is 12.6. The molecule has 0 N–H and O–H groups in total. The van der Waals surface area contributed by atoms with E-state index in [2.05, 4.69) is 0 Å². The normalized spacial score (nSPS) is 22.3. The molecule has 1 heterocycles. The Labute approximate surface area is 101 Å². The molecule has 1 aromatic carbocycles. The molecule has 1 saturated carbocycles. The summed E-state index contributed by atoms with van der Waals surface area (Å²) in [6, 6.07) is 9.85. The van der Waals surface area contributed by atoms with Crippen molar-refractivity contribution in [2.75, 3.05) is 0 Å². The van der Waals surface area contributed by atoms with E-state index in [0.717, 1.165) is 42.6 Å². The standard InChI is InChI=1S/C15H16O2/c1-11-13(12-7-3-2-4-8-12)14(16)15(17-11)9-5-6-10-15/h2-4,7-8H,5-6,9-10H2,1H3. The third-order valence-corrected chi connectivity index (χ3v) is 3.82. The van der Waals surface area contributed by atoms with Gasteiger partial charge in [-0.05, 0) is 38.2 Å². The van der Waals surface area contributed by atoms with Crippen molar-refractivity contribution in [1.82, 2.24) is 0 Å². The fourth-order valence-corrected chi connectivity index (χ4v) is 2.99. The van der Waals surface area contributed by atoms with Crippen molar-refractivity contribution in [1.29, 1.82) is 0 Å². The molecule has 17 heavy (non-hydrogen) atoms. The lowest BCUT2D eigenvalue weighted by Crippen LogP contribution is -2.33. The van der Waals surface area contributed by atoms with Crippen LogP contribution in [-0.2, 0) is 9.53 Å². The summed E-state index contributed by atoms with van der Waals surface area (Å²) in [7, 11) is 0. The van der Waals surface area contributed by atoms with Gasteiger partial charge in [-0.2, -0.15) is 0 Å². The van der Waals surface area contributed by atoms with Crippen LogP contribution in [0.5, 0.6) is 0 Å². The van der Waals surface area contributed by atoms with Crippen LogP contribution in [0.25, 0.3) is 5.57 Å². The van der Waals surface area contributed by atoms with Crippen LogP contribution in [-0.4, -0.2) is 11.4 Å². The highest BCUT2D eigenvalue weighted by atomic mass is 16.5. The molecule has 0 unspecified atom stereocenters. The molecule has 1 aliphatic heterocycles. The summed E-state index contributed by atoms with van der Waals surface area (Å²) < 4.78 is 5.92. The van der Waals surface area contributed by atoms with Gasteiger partial charge in [-0.25, -0.2) is 0 Å². The third-order valence-electron chi connectivity index (χ3n) is 3.82. The maximum absolute atomic E-state index is 12.6. The highest BCUT2D eigenvalue weighted by Crippen LogP contribution is 2.45. The van der Waals surface area contributed by atoms with Crippen molar-refractivity contribution in [2.24, 2.45) is 0 Å². The zero-order chi connectivity index (χ0) is 11.9. The topological polar surface area (TPSA) is 26.3 Å². The number of benzene rings is 1. The second-order valence-corrected chi connectivity index (χ2v) is 4.93. The number of Topliss-reactive ketones (excluding diaryl/α,β-unsaturated/α-hetero) is 1. The Hall–Kier alpha value is -1.57. The van der Waals surface area contributed by atoms with Gasteiger partial charge in [0.2, 0.25) is 5.78 Å². The molecule has 1 spiro atoms. The van der Waals surface area contributed by atoms with Crippen molar-refractivity contribution in [3.05, 3.63) is 41.7 Å². The van der Waals surface area contributed by atoms with E-state index in [9.17, 15) is 4.79 Å². The van der Waals surface area contributed by atoms with E-state index in [1.807, 2.05) is 37.3 Å². The molecule has 0 radical (unpaired) electrons. The number of ether oxygens (including phenoxy) is 1. The number of carbonyl (C=O) groups excluding carboxylic acids is 1. The third kappa shape index (κ3) is 1.51. The highest BCUT2D eigenvalue weighted by Gasteiger charge is 2.49. The van der Waals surface area contributed by atoms with Gasteiger partial charge in [-0.15, -0.1) is 0 Å². The number of allylic oxidation sites excluding steroid dienone is 1. The van der Waals surface area contributed by atoms with Crippen LogP contribution in [0.1, 0.15) is 38.2 Å². The average molecular weight is 228 g/mol. The lowest BCUT2D eigenvalue weighted by molar-refractivity contribution is -0.128. The first-order chi connectivity index (χ1) is 8.23. The van der Waals surface area contributed by atoms with E-state index >= 15 is 0 Å². The molecule has 0 atom stereocenters. The fourth-order valence-electron chi connectivity index (χ4n) is 2.99. The summed E-state index contributed by atoms with van der Waals surface area (Å²) in [4.78, 5) is 12.6. The number of hydrogen-bond acceptors (Lipinski definition) is 2. The van der Waals surface area contributed by atoms with E-state index in [0.29, 0.717) is 0 Å². The van der Waals surface area contributed by atoms with Gasteiger partial charge >= 0.3 is 0 Å². The van der Waals surface area contributed by atoms with Crippen molar-refractivity contribution in [2.45, 2.75) is 38.2 Å². The minimum atomic E-state index is -0.519. The molecule has 1 aromatic rings. The molecule has 2 nitrogen and oxygen atoms in total. The summed E-state index contributed by atoms with van der Waals surface area (Å²) in [5.41, 5.74) is 1.25. The van der Waals surface area contributed by atoms with Gasteiger partial charge in [-0.1, -0.05) is 30.3 Å². The molecular formula is C15H16O2. The first kappa shape index (κ1) is 10.6. The van der Waals surface area contributed by atoms with Crippen LogP contribution in [0.2, 0.25) is 0 Å². The number of carbonyl (C=O) groups is 1. The summed E-state index contributed by atoms with van der Waals surface area (Å²) >= 11 is 0. The molecule has 2 aliphatic rings. The first-order valence-corrected chi connectivity index (χ1v) is 6.23. The number of rotatable bonds is 1. The monoisotopic (exact) mass is 228 g/mol. The second kappa shape index (κ2) is 3.73. The van der Waals surface area contributed by atoms with Crippen molar-refractivity contribution in [3.63, 3.8) is 0 Å². The van der Waals surface area contributed by atoms with E-state index in [1.165, 1.54) is 0 Å². The SMILES string of the molecule is CC1=C(c2ccccc2)C(=O)C2(CCCC2)O1. The van der Waals surface area contributed by atoms with Gasteiger partial charge in [-0.3, -0.25) is 4.79 Å². The maximum Gasteiger partial charge on any atom is 0.210 e. The zero-order valence-electron chi connectivity index (χ0n) is 10.0. The minimum absolute atomic E-state index is 0.193. The predicted molar refractivity (Wildman–Crippen MR) is 66.3 cm³/mol. The van der Waals surface area contributed by atoms with Crippen molar-refractivity contribution >= 4 is 11.4 Å². The molecule has 2 heteroatoms. The van der Waals surface area contributed by atoms with Crippen LogP contribution in [0, 0.1) is 0 Å². The molecule has 0 aromatic heterocycles. The van der Waals surface area contributed by atoms with E-state index in [-0.39, 0.29) is 5.78 Å². The van der Waals surface area contributed by atoms with Gasteiger partial charge in [0.15, 0.2) is 5.60 Å². The summed E-state index contributed by atoms with van der Waals surface area (Å²) in [6.07, 6.45) is 3.95. The second-order valence-electron chi connectivity index (χ2n) is 4.93. The van der Waals surface area contributed by atoms with Crippen LogP contribution in [0.3, 0.4) is 0 Å². The van der Waals surface area contributed by atoms with Crippen LogP contribution >= 0.6 is 0 Å². The van der Waals surface area contributed by atoms with Crippen molar-refractivity contribution < 1.29 is 9.53 Å². The molecule has 0 bridgehead atoms. The van der Waals surface area contributed by atoms with Gasteiger partial charge in [0.25, 0.3) is 0 Å². The molecule has 1 fully saturated rings. The van der Waals surface area contributed by atoms with Crippen molar-refractivity contribution in [3.8, 4) is 0 Å². The van der Waals surface area contributed by atoms with E-state index in [4.69, 9.17) is 4.74 Å². The Kier molecular flexibility index (Phi) is 2.32. The van der Waals surface area contributed by atoms with Gasteiger partial charge < -0.3 is 4.74 Å². The zero-order valence-corrected chi connectivity index (χ0v) is 10.0. The molecule has 1 aliphatic carbocycles. The Balaban J connectivity index is 2.01. The van der Waals surface area contributed by atoms with Crippen LogP contribution in [0.15, 0.2) is 36.1 Å². The summed E-state index contributed by atoms with van der Waals surface area (Å²) in [6.45, 7) is 1.91. The lowest BCUT2D eigenvalue weighted by atomic mass is 9.90. The first-order valence-electron chi connectivity index (χ1n) is 6.23. The summed E-state index contributed by atoms with van der Waals surface area (Å²) in [5.74, 6) is 0.988. The number of hydrogen-bond donors (Lipinski definition) is 0. The number of ketones is 1. The minimum Gasteiger partial charge on any atom is -0.483 e. The summed E-state index contributed by atoms with van der Waals surface area (Å²) in [5, 5.41) is 0. The Morgan fingerprint density at radius 3 is 2.41 bits per heavy atom. The highest BCUT2D eigenvalue weighted by molar-refractivity contribution is 6.27. The van der Waals surface area contributed by atoms with Crippen LogP contribution < -0.4 is 0 Å². The Morgan fingerprint density at radius 1 is 1.12 bits per heavy atom.